The number of aryl methyl sites for hydroxylation is 1. The highest BCUT2D eigenvalue weighted by Gasteiger charge is 2.22. The molecule has 4 heterocycles. The zero-order chi connectivity index (χ0) is 26.9. The lowest BCUT2D eigenvalue weighted by molar-refractivity contribution is 0.172. The minimum Gasteiger partial charge on any atom is -0.301 e. The average Bonchev–Trinajstić information content (AvgIpc) is 2.98. The van der Waals surface area contributed by atoms with Gasteiger partial charge >= 0.3 is 0 Å². The van der Waals surface area contributed by atoms with E-state index < -0.39 is 0 Å². The van der Waals surface area contributed by atoms with Gasteiger partial charge in [0.15, 0.2) is 5.65 Å². The Morgan fingerprint density at radius 3 is 2.38 bits per heavy atom. The maximum absolute atomic E-state index is 14.8. The molecule has 1 aliphatic heterocycles. The van der Waals surface area contributed by atoms with E-state index in [4.69, 9.17) is 4.98 Å². The lowest BCUT2D eigenvalue weighted by Gasteiger charge is -2.34. The van der Waals surface area contributed by atoms with Crippen LogP contribution in [0.25, 0.3) is 44.5 Å². The summed E-state index contributed by atoms with van der Waals surface area (Å²) < 4.78 is 14.8. The fourth-order valence-electron chi connectivity index (χ4n) is 5.71. The third kappa shape index (κ3) is 5.19. The van der Waals surface area contributed by atoms with Crippen molar-refractivity contribution in [2.75, 3.05) is 13.1 Å². The first-order valence-corrected chi connectivity index (χ1v) is 13.8. The van der Waals surface area contributed by atoms with E-state index in [1.54, 1.807) is 12.3 Å². The lowest BCUT2D eigenvalue weighted by atomic mass is 9.88. The van der Waals surface area contributed by atoms with Gasteiger partial charge in [0.25, 0.3) is 0 Å². The molecule has 4 nitrogen and oxygen atoms in total. The van der Waals surface area contributed by atoms with Crippen molar-refractivity contribution < 1.29 is 4.39 Å². The largest absolute Gasteiger partial charge is 0.301 e. The summed E-state index contributed by atoms with van der Waals surface area (Å²) >= 11 is 0. The van der Waals surface area contributed by atoms with Crippen molar-refractivity contribution in [1.82, 2.24) is 19.9 Å². The smallest absolute Gasteiger partial charge is 0.160 e. The molecular formula is C34H33FN4. The molecule has 0 saturated carbocycles. The highest BCUT2D eigenvalue weighted by molar-refractivity contribution is 5.95. The van der Waals surface area contributed by atoms with Crippen LogP contribution >= 0.6 is 0 Å². The molecule has 1 aliphatic rings. The van der Waals surface area contributed by atoms with Crippen LogP contribution in [0, 0.1) is 12.7 Å². The van der Waals surface area contributed by atoms with E-state index in [1.807, 2.05) is 43.6 Å². The lowest BCUT2D eigenvalue weighted by Crippen LogP contribution is -2.37. The second kappa shape index (κ2) is 10.7. The molecule has 1 fully saturated rings. The first-order chi connectivity index (χ1) is 19.0. The molecule has 6 rings (SSSR count). The number of hydrogen-bond acceptors (Lipinski definition) is 4. The molecule has 1 saturated heterocycles. The maximum Gasteiger partial charge on any atom is 0.160 e. The number of halogens is 1. The monoisotopic (exact) mass is 516 g/mol. The number of pyridine rings is 3. The van der Waals surface area contributed by atoms with Crippen molar-refractivity contribution in [2.24, 2.45) is 0 Å². The normalized spacial score (nSPS) is 14.8. The van der Waals surface area contributed by atoms with Gasteiger partial charge in [-0.2, -0.15) is 0 Å². The van der Waals surface area contributed by atoms with Gasteiger partial charge in [0.1, 0.15) is 5.82 Å². The quantitative estimate of drug-likeness (QED) is 0.237. The number of nitrogens with zero attached hydrogens (tertiary/aromatic N) is 4. The second-order valence-corrected chi connectivity index (χ2v) is 10.9. The summed E-state index contributed by atoms with van der Waals surface area (Å²) in [5, 5.41) is 0.913. The predicted molar refractivity (Wildman–Crippen MR) is 157 cm³/mol. The third-order valence-electron chi connectivity index (χ3n) is 8.01. The van der Waals surface area contributed by atoms with E-state index in [9.17, 15) is 4.39 Å². The summed E-state index contributed by atoms with van der Waals surface area (Å²) in [5.74, 6) is 0.325. The molecular weight excluding hydrogens is 483 g/mol. The Morgan fingerprint density at radius 1 is 0.846 bits per heavy atom. The summed E-state index contributed by atoms with van der Waals surface area (Å²) in [5.41, 5.74) is 8.09. The van der Waals surface area contributed by atoms with Crippen molar-refractivity contribution in [3.05, 3.63) is 102 Å². The highest BCUT2D eigenvalue weighted by Crippen LogP contribution is 2.35. The van der Waals surface area contributed by atoms with E-state index in [0.29, 0.717) is 28.9 Å². The predicted octanol–water partition coefficient (Wildman–Crippen LogP) is 8.06. The third-order valence-corrected chi connectivity index (χ3v) is 8.01. The molecule has 2 aromatic carbocycles. The molecule has 0 spiro atoms. The average molecular weight is 517 g/mol. The molecule has 0 aliphatic carbocycles. The van der Waals surface area contributed by atoms with E-state index in [1.165, 1.54) is 37.6 Å². The fraction of sp³-hybridized carbons (Fsp3) is 0.265. The number of fused-ring (bicyclic) bond motifs is 1. The van der Waals surface area contributed by atoms with Crippen molar-refractivity contribution >= 4 is 11.0 Å². The van der Waals surface area contributed by atoms with Crippen LogP contribution in [0.2, 0.25) is 0 Å². The number of benzene rings is 2. The molecule has 5 heteroatoms. The maximum atomic E-state index is 14.8. The number of hydrogen-bond donors (Lipinski definition) is 0. The van der Waals surface area contributed by atoms with Crippen LogP contribution in [0.15, 0.2) is 85.3 Å². The Morgan fingerprint density at radius 2 is 1.62 bits per heavy atom. The number of rotatable bonds is 5. The van der Waals surface area contributed by atoms with Crippen molar-refractivity contribution in [3.63, 3.8) is 0 Å². The van der Waals surface area contributed by atoms with Crippen LogP contribution in [-0.4, -0.2) is 39.0 Å². The molecule has 0 radical (unpaired) electrons. The van der Waals surface area contributed by atoms with Crippen molar-refractivity contribution in [3.8, 4) is 33.5 Å². The minimum absolute atomic E-state index is 0.295. The number of likely N-dealkylation sites (tertiary alicyclic amines) is 1. The van der Waals surface area contributed by atoms with Crippen LogP contribution in [0.1, 0.15) is 43.7 Å². The Kier molecular flexibility index (Phi) is 6.92. The van der Waals surface area contributed by atoms with Crippen LogP contribution in [-0.2, 0) is 0 Å². The van der Waals surface area contributed by atoms with Gasteiger partial charge in [-0.1, -0.05) is 35.9 Å². The van der Waals surface area contributed by atoms with Crippen molar-refractivity contribution in [1.29, 1.82) is 0 Å². The van der Waals surface area contributed by atoms with E-state index in [0.717, 1.165) is 33.2 Å². The Bertz CT molecular complexity index is 1620. The van der Waals surface area contributed by atoms with Crippen molar-refractivity contribution in [2.45, 2.75) is 45.6 Å². The Labute approximate surface area is 229 Å². The molecule has 0 amide bonds. The highest BCUT2D eigenvalue weighted by atomic mass is 19.1. The van der Waals surface area contributed by atoms with E-state index in [-0.39, 0.29) is 5.82 Å². The Balaban J connectivity index is 1.34. The fourth-order valence-corrected chi connectivity index (χ4v) is 5.71. The SMILES string of the molecule is Cc1ccc(F)c(-c2cc(-c3cncc(-c4ccc(C5CCN(C(C)C)CC5)cc4)c3)c3cccnc3n2)c1. The number of aromatic nitrogens is 3. The van der Waals surface area contributed by atoms with Gasteiger partial charge in [0.05, 0.1) is 5.69 Å². The molecule has 0 unspecified atom stereocenters. The van der Waals surface area contributed by atoms with Crippen LogP contribution in [0.3, 0.4) is 0 Å². The number of piperidine rings is 1. The van der Waals surface area contributed by atoms with Gasteiger partial charge in [-0.25, -0.2) is 14.4 Å². The van der Waals surface area contributed by atoms with Crippen LogP contribution in [0.5, 0.6) is 0 Å². The molecule has 3 aromatic heterocycles. The van der Waals surface area contributed by atoms with Gasteiger partial charge in [0.2, 0.25) is 0 Å². The first kappa shape index (κ1) is 25.3. The minimum atomic E-state index is -0.295. The van der Waals surface area contributed by atoms with E-state index in [2.05, 4.69) is 59.0 Å². The van der Waals surface area contributed by atoms with Gasteiger partial charge in [-0.3, -0.25) is 4.98 Å². The zero-order valence-electron chi connectivity index (χ0n) is 22.7. The topological polar surface area (TPSA) is 41.9 Å². The molecule has 5 aromatic rings. The first-order valence-electron chi connectivity index (χ1n) is 13.8. The van der Waals surface area contributed by atoms with Crippen LogP contribution < -0.4 is 0 Å². The van der Waals surface area contributed by atoms with Gasteiger partial charge in [-0.05, 0) is 106 Å². The zero-order valence-corrected chi connectivity index (χ0v) is 22.7. The van der Waals surface area contributed by atoms with Gasteiger partial charge < -0.3 is 4.90 Å². The molecule has 0 bridgehead atoms. The van der Waals surface area contributed by atoms with Gasteiger partial charge in [-0.15, -0.1) is 0 Å². The van der Waals surface area contributed by atoms with Crippen LogP contribution in [0.4, 0.5) is 4.39 Å². The summed E-state index contributed by atoms with van der Waals surface area (Å²) in [6.45, 7) is 8.85. The Hall–Kier alpha value is -3.96. The summed E-state index contributed by atoms with van der Waals surface area (Å²) in [4.78, 5) is 16.4. The molecule has 0 atom stereocenters. The second-order valence-electron chi connectivity index (χ2n) is 10.9. The summed E-state index contributed by atoms with van der Waals surface area (Å²) in [6.07, 6.45) is 7.91. The summed E-state index contributed by atoms with van der Waals surface area (Å²) in [7, 11) is 0. The van der Waals surface area contributed by atoms with Gasteiger partial charge in [0, 0.05) is 46.7 Å². The van der Waals surface area contributed by atoms with E-state index >= 15 is 0 Å². The molecule has 196 valence electrons. The standard InChI is InChI=1S/C34H33FN4/c1-22(2)39-15-12-26(13-16-39)24-7-9-25(10-8-24)27-18-28(21-36-20-27)30-19-33(31-17-23(3)6-11-32(31)35)38-34-29(30)5-4-14-37-34/h4-11,14,17-22,26H,12-13,15-16H2,1-3H3. The summed E-state index contributed by atoms with van der Waals surface area (Å²) in [6, 6.07) is 22.7. The molecule has 39 heavy (non-hydrogen) atoms. The molecule has 0 N–H and O–H groups in total.